The van der Waals surface area contributed by atoms with Crippen LogP contribution in [0.5, 0.6) is 5.75 Å². The molecule has 1 fully saturated rings. The summed E-state index contributed by atoms with van der Waals surface area (Å²) in [6, 6.07) is 21.4. The molecule has 0 unspecified atom stereocenters. The fraction of sp³-hybridized carbons (Fsp3) is 0.258. The van der Waals surface area contributed by atoms with Gasteiger partial charge >= 0.3 is 0 Å². The topological polar surface area (TPSA) is 89.5 Å². The van der Waals surface area contributed by atoms with E-state index < -0.39 is 0 Å². The highest BCUT2D eigenvalue weighted by Gasteiger charge is 2.39. The molecular weight excluding hydrogens is 569 g/mol. The lowest BCUT2D eigenvalue weighted by molar-refractivity contribution is -0.122. The predicted molar refractivity (Wildman–Crippen MR) is 174 cm³/mol. The number of amidine groups is 1. The van der Waals surface area contributed by atoms with Gasteiger partial charge in [-0.3, -0.25) is 14.5 Å². The van der Waals surface area contributed by atoms with Crippen LogP contribution in [-0.2, 0) is 16.1 Å². The zero-order valence-electron chi connectivity index (χ0n) is 24.3. The van der Waals surface area contributed by atoms with E-state index in [9.17, 15) is 9.59 Å². The van der Waals surface area contributed by atoms with Crippen molar-refractivity contribution in [1.29, 1.82) is 0 Å². The molecule has 2 heterocycles. The van der Waals surface area contributed by atoms with Crippen molar-refractivity contribution in [2.45, 2.75) is 18.4 Å². The molecule has 0 radical (unpaired) electrons. The molecule has 3 aromatic rings. The van der Waals surface area contributed by atoms with Crippen molar-refractivity contribution in [3.05, 3.63) is 82.2 Å². The molecule has 2 amide bonds. The number of carbonyl (C=O) groups excluding carboxylic acids is 2. The van der Waals surface area contributed by atoms with Crippen molar-refractivity contribution in [3.8, 4) is 5.75 Å². The molecule has 2 aliphatic rings. The molecule has 2 aliphatic heterocycles. The van der Waals surface area contributed by atoms with Gasteiger partial charge in [0.1, 0.15) is 10.7 Å². The van der Waals surface area contributed by atoms with E-state index in [1.165, 1.54) is 11.8 Å². The molecule has 3 aromatic carbocycles. The lowest BCUT2D eigenvalue weighted by Gasteiger charge is -2.18. The van der Waals surface area contributed by atoms with E-state index in [-0.39, 0.29) is 18.4 Å². The zero-order valence-corrected chi connectivity index (χ0v) is 25.9. The van der Waals surface area contributed by atoms with Gasteiger partial charge in [0.05, 0.1) is 42.3 Å². The number of rotatable bonds is 9. The van der Waals surface area contributed by atoms with E-state index >= 15 is 0 Å². The number of amides is 2. The fourth-order valence-electron chi connectivity index (χ4n) is 4.61. The Morgan fingerprint density at radius 2 is 1.83 bits per heavy atom. The maximum atomic E-state index is 14.1. The molecule has 11 heteroatoms. The van der Waals surface area contributed by atoms with Gasteiger partial charge in [-0.25, -0.2) is 4.99 Å². The highest BCUT2D eigenvalue weighted by molar-refractivity contribution is 8.19. The summed E-state index contributed by atoms with van der Waals surface area (Å²) < 4.78 is 5.43. The van der Waals surface area contributed by atoms with E-state index in [2.05, 4.69) is 10.6 Å². The summed E-state index contributed by atoms with van der Waals surface area (Å²) in [5.41, 5.74) is 4.09. The third kappa shape index (κ3) is 6.43. The minimum absolute atomic E-state index is 0.0998. The third-order valence-electron chi connectivity index (χ3n) is 6.60. The summed E-state index contributed by atoms with van der Waals surface area (Å²) in [5, 5.41) is 7.74. The molecule has 0 saturated carbocycles. The molecule has 218 valence electrons. The first-order valence-corrected chi connectivity index (χ1v) is 15.2. The summed E-state index contributed by atoms with van der Waals surface area (Å²) >= 11 is 2.94. The molecule has 0 aromatic heterocycles. The number of nitrogens with one attached hydrogen (secondary N) is 2. The standard InChI is InChI=1S/C31H34N6O3S2/c1-6-32-23-14-12-21(33-27(38)19-35(2)3)16-24(23)34-31-37(18-20-10-8-7-9-11-20)29(39)28(42-31)30-36(4)25-17-22(40-5)13-15-26(25)41-30/h7-17,32H,6,18-19H2,1-5H3,(H,33,38)/b30-28-,34-31?. The average Bonchev–Trinajstić information content (AvgIpc) is 3.45. The highest BCUT2D eigenvalue weighted by atomic mass is 32.2. The van der Waals surface area contributed by atoms with Crippen LogP contribution in [0.2, 0.25) is 0 Å². The average molecular weight is 603 g/mol. The number of benzene rings is 3. The van der Waals surface area contributed by atoms with Gasteiger partial charge in [0.25, 0.3) is 5.91 Å². The Morgan fingerprint density at radius 3 is 2.55 bits per heavy atom. The Morgan fingerprint density at radius 1 is 1.05 bits per heavy atom. The van der Waals surface area contributed by atoms with Crippen LogP contribution in [0, 0.1) is 0 Å². The second kappa shape index (κ2) is 12.9. The van der Waals surface area contributed by atoms with Gasteiger partial charge in [-0.05, 0) is 68.7 Å². The zero-order chi connectivity index (χ0) is 29.8. The van der Waals surface area contributed by atoms with Crippen LogP contribution in [0.1, 0.15) is 12.5 Å². The van der Waals surface area contributed by atoms with Crippen LogP contribution in [0.15, 0.2) is 86.6 Å². The van der Waals surface area contributed by atoms with Gasteiger partial charge in [0, 0.05) is 30.2 Å². The molecule has 5 rings (SSSR count). The van der Waals surface area contributed by atoms with Crippen molar-refractivity contribution in [2.24, 2.45) is 4.99 Å². The van der Waals surface area contributed by atoms with Crippen molar-refractivity contribution in [3.63, 3.8) is 0 Å². The molecule has 1 saturated heterocycles. The van der Waals surface area contributed by atoms with Crippen LogP contribution in [-0.4, -0.2) is 68.1 Å². The quantitative estimate of drug-likeness (QED) is 0.297. The maximum absolute atomic E-state index is 14.1. The molecule has 42 heavy (non-hydrogen) atoms. The van der Waals surface area contributed by atoms with Gasteiger partial charge in [0.2, 0.25) is 5.91 Å². The SMILES string of the molecule is CCNc1ccc(NC(=O)CN(C)C)cc1N=C1S/C(=C2\Sc3ccc(OC)cc3N2C)C(=O)N1Cc1ccccc1. The first-order valence-electron chi connectivity index (χ1n) is 13.6. The molecule has 0 spiro atoms. The van der Waals surface area contributed by atoms with Crippen LogP contribution >= 0.6 is 23.5 Å². The van der Waals surface area contributed by atoms with E-state index in [0.717, 1.165) is 32.6 Å². The van der Waals surface area contributed by atoms with Crippen molar-refractivity contribution in [2.75, 3.05) is 56.9 Å². The number of hydrogen-bond donors (Lipinski definition) is 2. The monoisotopic (exact) mass is 602 g/mol. The van der Waals surface area contributed by atoms with Gasteiger partial charge in [-0.15, -0.1) is 0 Å². The summed E-state index contributed by atoms with van der Waals surface area (Å²) in [6.45, 7) is 3.36. The van der Waals surface area contributed by atoms with E-state index in [4.69, 9.17) is 9.73 Å². The Hall–Kier alpha value is -3.93. The lowest BCUT2D eigenvalue weighted by Crippen LogP contribution is -2.29. The smallest absolute Gasteiger partial charge is 0.269 e. The molecular formula is C31H34N6O3S2. The number of hydrogen-bond acceptors (Lipinski definition) is 9. The van der Waals surface area contributed by atoms with Crippen LogP contribution < -0.4 is 20.3 Å². The number of nitrogens with zero attached hydrogens (tertiary/aromatic N) is 4. The summed E-state index contributed by atoms with van der Waals surface area (Å²) in [4.78, 5) is 38.8. The molecule has 0 bridgehead atoms. The number of carbonyl (C=O) groups is 2. The summed E-state index contributed by atoms with van der Waals surface area (Å²) in [6.07, 6.45) is 0. The van der Waals surface area contributed by atoms with Crippen molar-refractivity contribution < 1.29 is 14.3 Å². The van der Waals surface area contributed by atoms with E-state index in [0.29, 0.717) is 34.5 Å². The lowest BCUT2D eigenvalue weighted by atomic mass is 10.2. The number of anilines is 3. The van der Waals surface area contributed by atoms with Crippen molar-refractivity contribution in [1.82, 2.24) is 9.80 Å². The normalized spacial score (nSPS) is 17.3. The fourth-order valence-corrected chi connectivity index (χ4v) is 6.93. The molecule has 0 aliphatic carbocycles. The van der Waals surface area contributed by atoms with Gasteiger partial charge in [-0.2, -0.15) is 0 Å². The Kier molecular flexibility index (Phi) is 9.10. The van der Waals surface area contributed by atoms with Gasteiger partial charge < -0.3 is 25.2 Å². The van der Waals surface area contributed by atoms with Gasteiger partial charge in [-0.1, -0.05) is 42.1 Å². The van der Waals surface area contributed by atoms with Crippen LogP contribution in [0.25, 0.3) is 0 Å². The summed E-state index contributed by atoms with van der Waals surface area (Å²) in [7, 11) is 7.31. The van der Waals surface area contributed by atoms with Gasteiger partial charge in [0.15, 0.2) is 5.17 Å². The number of ether oxygens (including phenoxy) is 1. The maximum Gasteiger partial charge on any atom is 0.269 e. The largest absolute Gasteiger partial charge is 0.497 e. The van der Waals surface area contributed by atoms with Crippen LogP contribution in [0.3, 0.4) is 0 Å². The van der Waals surface area contributed by atoms with Crippen LogP contribution in [0.4, 0.5) is 22.7 Å². The number of likely N-dealkylation sites (N-methyl/N-ethyl adjacent to an activating group) is 1. The summed E-state index contributed by atoms with van der Waals surface area (Å²) in [5.74, 6) is 0.548. The second-order valence-corrected chi connectivity index (χ2v) is 12.1. The molecule has 2 N–H and O–H groups in total. The first kappa shape index (κ1) is 29.6. The second-order valence-electron chi connectivity index (χ2n) is 10.1. The highest BCUT2D eigenvalue weighted by Crippen LogP contribution is 2.51. The van der Waals surface area contributed by atoms with E-state index in [1.54, 1.807) is 23.8 Å². The number of fused-ring (bicyclic) bond motifs is 1. The number of aliphatic imine (C=N–C) groups is 1. The predicted octanol–water partition coefficient (Wildman–Crippen LogP) is 5.80. The Bertz CT molecular complexity index is 1560. The molecule has 0 atom stereocenters. The number of methoxy groups -OCH3 is 1. The Balaban J connectivity index is 1.55. The Labute approximate surface area is 255 Å². The molecule has 9 nitrogen and oxygen atoms in total. The first-order chi connectivity index (χ1) is 20.3. The minimum Gasteiger partial charge on any atom is -0.497 e. The van der Waals surface area contributed by atoms with Crippen molar-refractivity contribution >= 4 is 63.3 Å². The number of thioether (sulfide) groups is 2. The van der Waals surface area contributed by atoms with E-state index in [1.807, 2.05) is 105 Å². The third-order valence-corrected chi connectivity index (χ3v) is 9.04. The minimum atomic E-state index is -0.115.